The van der Waals surface area contributed by atoms with Crippen molar-refractivity contribution < 1.29 is 4.74 Å². The quantitative estimate of drug-likeness (QED) is 0.569. The molecule has 0 aliphatic carbocycles. The predicted octanol–water partition coefficient (Wildman–Crippen LogP) is 5.80. The first-order valence-corrected chi connectivity index (χ1v) is 8.63. The lowest BCUT2D eigenvalue weighted by Gasteiger charge is -2.17. The van der Waals surface area contributed by atoms with Crippen LogP contribution in [0.1, 0.15) is 11.1 Å². The van der Waals surface area contributed by atoms with E-state index in [1.54, 1.807) is 7.11 Å². The van der Waals surface area contributed by atoms with E-state index in [0.717, 1.165) is 39.5 Å². The average molecular weight is 388 g/mol. The van der Waals surface area contributed by atoms with Crippen LogP contribution in [0.25, 0.3) is 0 Å². The minimum absolute atomic E-state index is 0.428. The van der Waals surface area contributed by atoms with E-state index in [4.69, 9.17) is 27.9 Å². The van der Waals surface area contributed by atoms with Crippen LogP contribution in [0.5, 0.6) is 5.75 Å². The highest BCUT2D eigenvalue weighted by Gasteiger charge is 2.14. The largest absolute Gasteiger partial charge is 0.496 e. The standard InChI is InChI=1S/C17H17BrCl2O/c1-21-17-5-3-2-4-13(17)8-12(11-18)9-14-10-15(19)6-7-16(14)20/h2-7,10,12H,8-9,11H2,1H3. The maximum atomic E-state index is 6.26. The van der Waals surface area contributed by atoms with E-state index in [1.807, 2.05) is 36.4 Å². The van der Waals surface area contributed by atoms with Crippen molar-refractivity contribution in [3.63, 3.8) is 0 Å². The molecule has 2 aromatic carbocycles. The van der Waals surface area contributed by atoms with Gasteiger partial charge in [0.05, 0.1) is 7.11 Å². The Labute approximate surface area is 144 Å². The highest BCUT2D eigenvalue weighted by Crippen LogP contribution is 2.27. The maximum Gasteiger partial charge on any atom is 0.122 e. The second kappa shape index (κ2) is 8.07. The summed E-state index contributed by atoms with van der Waals surface area (Å²) >= 11 is 15.9. The first-order chi connectivity index (χ1) is 10.1. The third kappa shape index (κ3) is 4.64. The number of alkyl halides is 1. The molecule has 2 rings (SSSR count). The molecule has 0 amide bonds. The van der Waals surface area contributed by atoms with Gasteiger partial charge in [0.2, 0.25) is 0 Å². The molecule has 0 bridgehead atoms. The van der Waals surface area contributed by atoms with Gasteiger partial charge < -0.3 is 4.74 Å². The van der Waals surface area contributed by atoms with Gasteiger partial charge in [-0.1, -0.05) is 57.3 Å². The molecule has 0 saturated heterocycles. The molecular weight excluding hydrogens is 371 g/mol. The molecule has 0 aromatic heterocycles. The zero-order valence-electron chi connectivity index (χ0n) is 11.8. The summed E-state index contributed by atoms with van der Waals surface area (Å²) in [5.41, 5.74) is 2.30. The summed E-state index contributed by atoms with van der Waals surface area (Å²) < 4.78 is 5.42. The van der Waals surface area contributed by atoms with Gasteiger partial charge in [-0.25, -0.2) is 0 Å². The Morgan fingerprint density at radius 1 is 1.05 bits per heavy atom. The predicted molar refractivity (Wildman–Crippen MR) is 94.1 cm³/mol. The number of hydrogen-bond acceptors (Lipinski definition) is 1. The van der Waals surface area contributed by atoms with Gasteiger partial charge in [-0.05, 0) is 54.2 Å². The second-order valence-electron chi connectivity index (χ2n) is 4.98. The van der Waals surface area contributed by atoms with Crippen molar-refractivity contribution in [2.75, 3.05) is 12.4 Å². The number of methoxy groups -OCH3 is 1. The van der Waals surface area contributed by atoms with Crippen molar-refractivity contribution in [3.8, 4) is 5.75 Å². The van der Waals surface area contributed by atoms with Crippen molar-refractivity contribution in [1.82, 2.24) is 0 Å². The van der Waals surface area contributed by atoms with E-state index in [-0.39, 0.29) is 0 Å². The average Bonchev–Trinajstić information content (AvgIpc) is 2.50. The van der Waals surface area contributed by atoms with Crippen molar-refractivity contribution in [2.45, 2.75) is 12.8 Å². The van der Waals surface area contributed by atoms with Gasteiger partial charge in [-0.15, -0.1) is 0 Å². The number of rotatable bonds is 6. The first kappa shape index (κ1) is 16.7. The minimum Gasteiger partial charge on any atom is -0.496 e. The Hall–Kier alpha value is -0.700. The molecule has 0 spiro atoms. The zero-order chi connectivity index (χ0) is 15.2. The van der Waals surface area contributed by atoms with Crippen molar-refractivity contribution >= 4 is 39.1 Å². The Bertz CT molecular complexity index is 601. The Balaban J connectivity index is 2.15. The maximum absolute atomic E-state index is 6.26. The van der Waals surface area contributed by atoms with Gasteiger partial charge in [-0.3, -0.25) is 0 Å². The van der Waals surface area contributed by atoms with E-state index < -0.39 is 0 Å². The summed E-state index contributed by atoms with van der Waals surface area (Å²) in [7, 11) is 1.70. The summed E-state index contributed by atoms with van der Waals surface area (Å²) in [5.74, 6) is 1.36. The molecule has 0 saturated carbocycles. The zero-order valence-corrected chi connectivity index (χ0v) is 14.9. The van der Waals surface area contributed by atoms with Crippen LogP contribution in [0.3, 0.4) is 0 Å². The van der Waals surface area contributed by atoms with Crippen LogP contribution in [-0.4, -0.2) is 12.4 Å². The van der Waals surface area contributed by atoms with E-state index in [0.29, 0.717) is 5.92 Å². The molecule has 21 heavy (non-hydrogen) atoms. The van der Waals surface area contributed by atoms with Gasteiger partial charge in [0, 0.05) is 15.4 Å². The highest BCUT2D eigenvalue weighted by molar-refractivity contribution is 9.09. The van der Waals surface area contributed by atoms with E-state index in [1.165, 1.54) is 5.56 Å². The van der Waals surface area contributed by atoms with Gasteiger partial charge in [0.1, 0.15) is 5.75 Å². The third-order valence-electron chi connectivity index (χ3n) is 3.44. The Morgan fingerprint density at radius 3 is 2.48 bits per heavy atom. The van der Waals surface area contributed by atoms with Crippen molar-refractivity contribution in [1.29, 1.82) is 0 Å². The molecule has 0 N–H and O–H groups in total. The Morgan fingerprint density at radius 2 is 1.76 bits per heavy atom. The van der Waals surface area contributed by atoms with E-state index in [2.05, 4.69) is 22.0 Å². The fourth-order valence-electron chi connectivity index (χ4n) is 2.37. The SMILES string of the molecule is COc1ccccc1CC(CBr)Cc1cc(Cl)ccc1Cl. The molecule has 1 atom stereocenters. The van der Waals surface area contributed by atoms with Crippen LogP contribution in [-0.2, 0) is 12.8 Å². The molecule has 0 heterocycles. The molecule has 1 nitrogen and oxygen atoms in total. The van der Waals surface area contributed by atoms with Crippen LogP contribution >= 0.6 is 39.1 Å². The monoisotopic (exact) mass is 386 g/mol. The van der Waals surface area contributed by atoms with Crippen molar-refractivity contribution in [3.05, 3.63) is 63.6 Å². The van der Waals surface area contributed by atoms with Gasteiger partial charge in [0.15, 0.2) is 0 Å². The molecule has 4 heteroatoms. The molecule has 1 unspecified atom stereocenters. The number of ether oxygens (including phenoxy) is 1. The number of halogens is 3. The van der Waals surface area contributed by atoms with Crippen LogP contribution in [0.2, 0.25) is 10.0 Å². The summed E-state index contributed by atoms with van der Waals surface area (Å²) in [5, 5.41) is 2.39. The fourth-order valence-corrected chi connectivity index (χ4v) is 3.22. The number of benzene rings is 2. The molecular formula is C17H17BrCl2O. The normalized spacial score (nSPS) is 12.2. The second-order valence-corrected chi connectivity index (χ2v) is 6.47. The lowest BCUT2D eigenvalue weighted by Crippen LogP contribution is -2.11. The lowest BCUT2D eigenvalue weighted by molar-refractivity contribution is 0.406. The first-order valence-electron chi connectivity index (χ1n) is 6.75. The number of para-hydroxylation sites is 1. The number of hydrogen-bond donors (Lipinski definition) is 0. The molecule has 2 aromatic rings. The van der Waals surface area contributed by atoms with Crippen LogP contribution in [0, 0.1) is 5.92 Å². The molecule has 0 fully saturated rings. The summed E-state index contributed by atoms with van der Waals surface area (Å²) in [4.78, 5) is 0. The minimum atomic E-state index is 0.428. The fraction of sp³-hybridized carbons (Fsp3) is 0.294. The molecule has 112 valence electrons. The molecule has 0 aliphatic heterocycles. The molecule has 0 radical (unpaired) electrons. The summed E-state index contributed by atoms with van der Waals surface area (Å²) in [6.07, 6.45) is 1.81. The van der Waals surface area contributed by atoms with Gasteiger partial charge in [0.25, 0.3) is 0 Å². The summed E-state index contributed by atoms with van der Waals surface area (Å²) in [6, 6.07) is 13.7. The third-order valence-corrected chi connectivity index (χ3v) is 4.96. The molecule has 0 aliphatic rings. The van der Waals surface area contributed by atoms with Gasteiger partial charge >= 0.3 is 0 Å². The van der Waals surface area contributed by atoms with E-state index >= 15 is 0 Å². The summed E-state index contributed by atoms with van der Waals surface area (Å²) in [6.45, 7) is 0. The van der Waals surface area contributed by atoms with Crippen LogP contribution in [0.4, 0.5) is 0 Å². The topological polar surface area (TPSA) is 9.23 Å². The highest BCUT2D eigenvalue weighted by atomic mass is 79.9. The van der Waals surface area contributed by atoms with Crippen molar-refractivity contribution in [2.24, 2.45) is 5.92 Å². The Kier molecular flexibility index (Phi) is 6.40. The van der Waals surface area contributed by atoms with Crippen LogP contribution < -0.4 is 4.74 Å². The van der Waals surface area contributed by atoms with Crippen LogP contribution in [0.15, 0.2) is 42.5 Å². The smallest absolute Gasteiger partial charge is 0.122 e. The lowest BCUT2D eigenvalue weighted by atomic mass is 9.94. The van der Waals surface area contributed by atoms with E-state index in [9.17, 15) is 0 Å². The van der Waals surface area contributed by atoms with Gasteiger partial charge in [-0.2, -0.15) is 0 Å².